The van der Waals surface area contributed by atoms with Crippen LogP contribution in [-0.4, -0.2) is 39.8 Å². The maximum atomic E-state index is 5.04. The van der Waals surface area contributed by atoms with Gasteiger partial charge in [-0.1, -0.05) is 13.0 Å². The van der Waals surface area contributed by atoms with Gasteiger partial charge < -0.3 is 15.4 Å². The first kappa shape index (κ1) is 20.7. The second-order valence-corrected chi connectivity index (χ2v) is 5.83. The van der Waals surface area contributed by atoms with Crippen molar-refractivity contribution >= 4 is 41.3 Å². The summed E-state index contributed by atoms with van der Waals surface area (Å²) in [5, 5.41) is 8.85. The number of nitrogens with one attached hydrogen (secondary N) is 2. The lowest BCUT2D eigenvalue weighted by molar-refractivity contribution is 0.192. The van der Waals surface area contributed by atoms with Crippen molar-refractivity contribution < 1.29 is 4.74 Å². The molecule has 0 saturated heterocycles. The zero-order valence-electron chi connectivity index (χ0n) is 13.2. The van der Waals surface area contributed by atoms with Gasteiger partial charge in [0.15, 0.2) is 5.96 Å². The average Bonchev–Trinajstić information content (AvgIpc) is 2.99. The topological polar surface area (TPSA) is 45.7 Å². The standard InChI is InChI=1S/C15H27N3OS.HI/c1-13(14-8-7-11-20-14)12-18-15(16-2)17-9-5-4-6-10-19-3;/h7-8,11,13H,4-6,9-10,12H2,1-3H3,(H2,16,17,18);1H. The molecule has 0 amide bonds. The minimum atomic E-state index is 0. The van der Waals surface area contributed by atoms with Gasteiger partial charge in [-0.05, 0) is 30.7 Å². The van der Waals surface area contributed by atoms with Crippen molar-refractivity contribution in [3.8, 4) is 0 Å². The third-order valence-corrected chi connectivity index (χ3v) is 4.25. The van der Waals surface area contributed by atoms with Crippen molar-refractivity contribution in [2.45, 2.75) is 32.1 Å². The number of guanidine groups is 1. The SMILES string of the molecule is CN=C(NCCCCCOC)NCC(C)c1cccs1.I. The van der Waals surface area contributed by atoms with Crippen LogP contribution >= 0.6 is 35.3 Å². The molecule has 0 bridgehead atoms. The molecule has 1 rings (SSSR count). The van der Waals surface area contributed by atoms with E-state index in [0.717, 1.165) is 38.5 Å². The summed E-state index contributed by atoms with van der Waals surface area (Å²) in [6, 6.07) is 4.28. The molecule has 122 valence electrons. The highest BCUT2D eigenvalue weighted by Crippen LogP contribution is 2.19. The maximum absolute atomic E-state index is 5.04. The predicted molar refractivity (Wildman–Crippen MR) is 103 cm³/mol. The van der Waals surface area contributed by atoms with Crippen molar-refractivity contribution in [2.75, 3.05) is 33.9 Å². The molecule has 0 aromatic carbocycles. The van der Waals surface area contributed by atoms with Crippen LogP contribution in [0.2, 0.25) is 0 Å². The van der Waals surface area contributed by atoms with Crippen LogP contribution in [0.1, 0.15) is 37.0 Å². The van der Waals surface area contributed by atoms with Crippen LogP contribution in [0.4, 0.5) is 0 Å². The van der Waals surface area contributed by atoms with Gasteiger partial charge in [-0.3, -0.25) is 4.99 Å². The molecule has 0 fully saturated rings. The van der Waals surface area contributed by atoms with Crippen LogP contribution in [0, 0.1) is 0 Å². The van der Waals surface area contributed by atoms with E-state index in [1.54, 1.807) is 7.11 Å². The summed E-state index contributed by atoms with van der Waals surface area (Å²) in [4.78, 5) is 5.66. The van der Waals surface area contributed by atoms with E-state index in [1.165, 1.54) is 11.3 Å². The Morgan fingerprint density at radius 3 is 2.76 bits per heavy atom. The second kappa shape index (κ2) is 13.3. The molecule has 21 heavy (non-hydrogen) atoms. The minimum Gasteiger partial charge on any atom is -0.385 e. The molecular weight excluding hydrogens is 397 g/mol. The fourth-order valence-corrected chi connectivity index (χ4v) is 2.68. The van der Waals surface area contributed by atoms with Gasteiger partial charge in [0.05, 0.1) is 0 Å². The zero-order valence-corrected chi connectivity index (χ0v) is 16.4. The first-order valence-electron chi connectivity index (χ1n) is 7.24. The number of hydrogen-bond donors (Lipinski definition) is 2. The number of ether oxygens (including phenoxy) is 1. The van der Waals surface area contributed by atoms with Crippen LogP contribution in [0.15, 0.2) is 22.5 Å². The number of unbranched alkanes of at least 4 members (excludes halogenated alkanes) is 2. The number of rotatable bonds is 9. The van der Waals surface area contributed by atoms with Gasteiger partial charge in [0.2, 0.25) is 0 Å². The number of halogens is 1. The fraction of sp³-hybridized carbons (Fsp3) is 0.667. The van der Waals surface area contributed by atoms with Crippen LogP contribution in [0.3, 0.4) is 0 Å². The van der Waals surface area contributed by atoms with Gasteiger partial charge in [0.1, 0.15) is 0 Å². The van der Waals surface area contributed by atoms with Crippen molar-refractivity contribution in [2.24, 2.45) is 4.99 Å². The molecule has 1 aromatic heterocycles. The molecule has 0 spiro atoms. The predicted octanol–water partition coefficient (Wildman–Crippen LogP) is 3.45. The van der Waals surface area contributed by atoms with E-state index in [0.29, 0.717) is 5.92 Å². The van der Waals surface area contributed by atoms with E-state index in [9.17, 15) is 0 Å². The summed E-state index contributed by atoms with van der Waals surface area (Å²) in [6.45, 7) is 4.95. The molecule has 2 N–H and O–H groups in total. The summed E-state index contributed by atoms with van der Waals surface area (Å²) in [6.07, 6.45) is 3.45. The van der Waals surface area contributed by atoms with E-state index in [-0.39, 0.29) is 24.0 Å². The highest BCUT2D eigenvalue weighted by molar-refractivity contribution is 14.0. The van der Waals surface area contributed by atoms with Crippen molar-refractivity contribution in [1.82, 2.24) is 10.6 Å². The number of methoxy groups -OCH3 is 1. The van der Waals surface area contributed by atoms with Crippen LogP contribution < -0.4 is 10.6 Å². The number of hydrogen-bond acceptors (Lipinski definition) is 3. The van der Waals surface area contributed by atoms with Crippen molar-refractivity contribution in [3.05, 3.63) is 22.4 Å². The van der Waals surface area contributed by atoms with Gasteiger partial charge in [0, 0.05) is 44.6 Å². The average molecular weight is 425 g/mol. The summed E-state index contributed by atoms with van der Waals surface area (Å²) in [7, 11) is 3.56. The highest BCUT2D eigenvalue weighted by Gasteiger charge is 2.07. The molecule has 0 aliphatic carbocycles. The summed E-state index contributed by atoms with van der Waals surface area (Å²) in [5.41, 5.74) is 0. The third-order valence-electron chi connectivity index (χ3n) is 3.15. The highest BCUT2D eigenvalue weighted by atomic mass is 127. The smallest absolute Gasteiger partial charge is 0.190 e. The van der Waals surface area contributed by atoms with Crippen molar-refractivity contribution in [1.29, 1.82) is 0 Å². The molecule has 6 heteroatoms. The maximum Gasteiger partial charge on any atom is 0.190 e. The number of nitrogens with zero attached hydrogens (tertiary/aromatic N) is 1. The van der Waals surface area contributed by atoms with E-state index in [1.807, 2.05) is 18.4 Å². The Morgan fingerprint density at radius 2 is 2.14 bits per heavy atom. The molecule has 1 atom stereocenters. The first-order chi connectivity index (χ1) is 9.77. The number of aliphatic imine (C=N–C) groups is 1. The molecule has 0 aliphatic heterocycles. The lowest BCUT2D eigenvalue weighted by atomic mass is 10.1. The Kier molecular flexibility index (Phi) is 13.1. The van der Waals surface area contributed by atoms with Gasteiger partial charge in [-0.25, -0.2) is 0 Å². The van der Waals surface area contributed by atoms with E-state index in [4.69, 9.17) is 4.74 Å². The molecular formula is C15H28IN3OS. The second-order valence-electron chi connectivity index (χ2n) is 4.85. The summed E-state index contributed by atoms with van der Waals surface area (Å²) < 4.78 is 5.04. The molecule has 1 heterocycles. The minimum absolute atomic E-state index is 0. The van der Waals surface area contributed by atoms with Gasteiger partial charge >= 0.3 is 0 Å². The third kappa shape index (κ3) is 9.31. The normalized spacial score (nSPS) is 12.6. The largest absolute Gasteiger partial charge is 0.385 e. The summed E-state index contributed by atoms with van der Waals surface area (Å²) in [5.74, 6) is 1.40. The lowest BCUT2D eigenvalue weighted by Gasteiger charge is -2.15. The fourth-order valence-electron chi connectivity index (χ4n) is 1.90. The quantitative estimate of drug-likeness (QED) is 0.276. The molecule has 0 aliphatic rings. The van der Waals surface area contributed by atoms with Gasteiger partial charge in [0.25, 0.3) is 0 Å². The van der Waals surface area contributed by atoms with Crippen molar-refractivity contribution in [3.63, 3.8) is 0 Å². The van der Waals surface area contributed by atoms with E-state index < -0.39 is 0 Å². The van der Waals surface area contributed by atoms with Crippen LogP contribution in [0.5, 0.6) is 0 Å². The Balaban J connectivity index is 0.00000400. The van der Waals surface area contributed by atoms with E-state index >= 15 is 0 Å². The van der Waals surface area contributed by atoms with Crippen LogP contribution in [0.25, 0.3) is 0 Å². The van der Waals surface area contributed by atoms with Gasteiger partial charge in [-0.2, -0.15) is 0 Å². The first-order valence-corrected chi connectivity index (χ1v) is 8.12. The molecule has 0 radical (unpaired) electrons. The zero-order chi connectivity index (χ0) is 14.6. The molecule has 1 aromatic rings. The number of thiophene rings is 1. The molecule has 4 nitrogen and oxygen atoms in total. The monoisotopic (exact) mass is 425 g/mol. The molecule has 0 saturated carbocycles. The summed E-state index contributed by atoms with van der Waals surface area (Å²) >= 11 is 1.81. The lowest BCUT2D eigenvalue weighted by Crippen LogP contribution is -2.39. The van der Waals surface area contributed by atoms with E-state index in [2.05, 4.69) is 40.1 Å². The Hall–Kier alpha value is -0.340. The molecule has 1 unspecified atom stereocenters. The Labute approximate surface area is 149 Å². The Morgan fingerprint density at radius 1 is 1.33 bits per heavy atom. The van der Waals surface area contributed by atoms with Crippen LogP contribution in [-0.2, 0) is 4.74 Å². The van der Waals surface area contributed by atoms with Gasteiger partial charge in [-0.15, -0.1) is 35.3 Å². The Bertz CT molecular complexity index is 371.